The smallest absolute Gasteiger partial charge is 0.260 e. The van der Waals surface area contributed by atoms with Crippen molar-refractivity contribution in [3.63, 3.8) is 0 Å². The second kappa shape index (κ2) is 9.18. The van der Waals surface area contributed by atoms with E-state index in [2.05, 4.69) is 0 Å². The molecule has 2 aromatic carbocycles. The lowest BCUT2D eigenvalue weighted by molar-refractivity contribution is -0.134. The van der Waals surface area contributed by atoms with Gasteiger partial charge in [-0.25, -0.2) is 0 Å². The molecule has 0 aliphatic carbocycles. The first-order valence-electron chi connectivity index (χ1n) is 9.50. The van der Waals surface area contributed by atoms with E-state index in [1.165, 1.54) is 7.11 Å². The summed E-state index contributed by atoms with van der Waals surface area (Å²) in [6.07, 6.45) is 0. The minimum atomic E-state index is -0.150. The Morgan fingerprint density at radius 3 is 2.38 bits per heavy atom. The van der Waals surface area contributed by atoms with Crippen molar-refractivity contribution < 1.29 is 19.1 Å². The molecule has 1 fully saturated rings. The second-order valence-electron chi connectivity index (χ2n) is 7.00. The van der Waals surface area contributed by atoms with E-state index in [-0.39, 0.29) is 18.4 Å². The lowest BCUT2D eigenvalue weighted by Gasteiger charge is -2.35. The van der Waals surface area contributed by atoms with Gasteiger partial charge in [0.15, 0.2) is 6.61 Å². The molecule has 2 amide bonds. The summed E-state index contributed by atoms with van der Waals surface area (Å²) >= 11 is 6.03. The van der Waals surface area contributed by atoms with Crippen LogP contribution >= 0.6 is 11.6 Å². The molecule has 1 saturated heterocycles. The number of nitrogens with zero attached hydrogens (tertiary/aromatic N) is 2. The number of amides is 2. The number of methoxy groups -OCH3 is 1. The summed E-state index contributed by atoms with van der Waals surface area (Å²) < 4.78 is 11.0. The maximum absolute atomic E-state index is 12.8. The van der Waals surface area contributed by atoms with Crippen molar-refractivity contribution in [2.45, 2.75) is 13.8 Å². The molecule has 1 heterocycles. The minimum Gasteiger partial charge on any atom is -0.496 e. The van der Waals surface area contributed by atoms with Crippen LogP contribution in [0.15, 0.2) is 36.4 Å². The van der Waals surface area contributed by atoms with E-state index >= 15 is 0 Å². The molecule has 29 heavy (non-hydrogen) atoms. The number of ether oxygens (including phenoxy) is 2. The van der Waals surface area contributed by atoms with Gasteiger partial charge in [0, 0.05) is 31.2 Å². The van der Waals surface area contributed by atoms with Crippen LogP contribution in [0.1, 0.15) is 21.5 Å². The molecule has 0 radical (unpaired) electrons. The Kier molecular flexibility index (Phi) is 6.64. The van der Waals surface area contributed by atoms with Gasteiger partial charge in [0.1, 0.15) is 11.5 Å². The largest absolute Gasteiger partial charge is 0.496 e. The lowest BCUT2D eigenvalue weighted by Crippen LogP contribution is -2.51. The van der Waals surface area contributed by atoms with Crippen molar-refractivity contribution in [2.24, 2.45) is 0 Å². The van der Waals surface area contributed by atoms with Gasteiger partial charge in [-0.3, -0.25) is 9.59 Å². The van der Waals surface area contributed by atoms with Gasteiger partial charge in [-0.05, 0) is 49.2 Å². The van der Waals surface area contributed by atoms with Crippen LogP contribution in [0.4, 0.5) is 0 Å². The number of carbonyl (C=O) groups is 2. The van der Waals surface area contributed by atoms with Crippen molar-refractivity contribution in [3.8, 4) is 11.5 Å². The summed E-state index contributed by atoms with van der Waals surface area (Å²) in [5.74, 6) is 0.974. The van der Waals surface area contributed by atoms with Crippen LogP contribution in [0.2, 0.25) is 5.02 Å². The zero-order chi connectivity index (χ0) is 21.0. The predicted octanol–water partition coefficient (Wildman–Crippen LogP) is 3.33. The second-order valence-corrected chi connectivity index (χ2v) is 7.44. The zero-order valence-electron chi connectivity index (χ0n) is 16.9. The molecule has 0 N–H and O–H groups in total. The van der Waals surface area contributed by atoms with Gasteiger partial charge in [0.05, 0.1) is 12.7 Å². The van der Waals surface area contributed by atoms with Gasteiger partial charge < -0.3 is 19.3 Å². The van der Waals surface area contributed by atoms with Crippen LogP contribution in [0.5, 0.6) is 11.5 Å². The molecule has 7 heteroatoms. The van der Waals surface area contributed by atoms with Crippen LogP contribution in [-0.2, 0) is 4.79 Å². The number of benzene rings is 2. The fraction of sp³-hybridized carbons (Fsp3) is 0.364. The monoisotopic (exact) mass is 416 g/mol. The van der Waals surface area contributed by atoms with E-state index in [1.807, 2.05) is 32.0 Å². The number of aryl methyl sites for hydroxylation is 1. The SMILES string of the molecule is COc1ccc(Cl)cc1C(=O)N1CCN(C(=O)COc2cccc(C)c2C)CC1. The quantitative estimate of drug-likeness (QED) is 0.750. The van der Waals surface area contributed by atoms with E-state index in [4.69, 9.17) is 21.1 Å². The van der Waals surface area contributed by atoms with Gasteiger partial charge in [-0.2, -0.15) is 0 Å². The summed E-state index contributed by atoms with van der Waals surface area (Å²) in [5.41, 5.74) is 2.59. The van der Waals surface area contributed by atoms with Crippen LogP contribution < -0.4 is 9.47 Å². The van der Waals surface area contributed by atoms with Crippen molar-refractivity contribution in [2.75, 3.05) is 39.9 Å². The molecule has 1 aliphatic heterocycles. The molecule has 154 valence electrons. The maximum atomic E-state index is 12.8. The number of halogens is 1. The summed E-state index contributed by atoms with van der Waals surface area (Å²) in [4.78, 5) is 28.8. The zero-order valence-corrected chi connectivity index (χ0v) is 17.7. The third-order valence-electron chi connectivity index (χ3n) is 5.22. The van der Waals surface area contributed by atoms with Gasteiger partial charge in [0.2, 0.25) is 0 Å². The Balaban J connectivity index is 1.56. The highest BCUT2D eigenvalue weighted by Crippen LogP contribution is 2.25. The Hall–Kier alpha value is -2.73. The Morgan fingerprint density at radius 1 is 1.00 bits per heavy atom. The number of hydrogen-bond acceptors (Lipinski definition) is 4. The van der Waals surface area contributed by atoms with Crippen molar-refractivity contribution >= 4 is 23.4 Å². The maximum Gasteiger partial charge on any atom is 0.260 e. The van der Waals surface area contributed by atoms with Gasteiger partial charge >= 0.3 is 0 Å². The molecule has 1 aliphatic rings. The minimum absolute atomic E-state index is 0.0135. The third-order valence-corrected chi connectivity index (χ3v) is 5.45. The Bertz CT molecular complexity index is 908. The highest BCUT2D eigenvalue weighted by molar-refractivity contribution is 6.31. The first-order chi connectivity index (χ1) is 13.9. The molecule has 0 saturated carbocycles. The molecular formula is C22H25ClN2O4. The molecule has 0 aromatic heterocycles. The Morgan fingerprint density at radius 2 is 1.69 bits per heavy atom. The predicted molar refractivity (Wildman–Crippen MR) is 112 cm³/mol. The number of rotatable bonds is 5. The molecule has 3 rings (SSSR count). The first kappa shape index (κ1) is 21.0. The molecule has 2 aromatic rings. The third kappa shape index (κ3) is 4.82. The van der Waals surface area contributed by atoms with Crippen LogP contribution in [0, 0.1) is 13.8 Å². The average molecular weight is 417 g/mol. The van der Waals surface area contributed by atoms with E-state index in [0.29, 0.717) is 42.5 Å². The molecular weight excluding hydrogens is 392 g/mol. The van der Waals surface area contributed by atoms with Gasteiger partial charge in [-0.1, -0.05) is 23.7 Å². The van der Waals surface area contributed by atoms with Crippen LogP contribution in [0.25, 0.3) is 0 Å². The fourth-order valence-electron chi connectivity index (χ4n) is 3.29. The van der Waals surface area contributed by atoms with Crippen molar-refractivity contribution in [1.82, 2.24) is 9.80 Å². The standard InChI is InChI=1S/C22H25ClN2O4/c1-15-5-4-6-19(16(15)2)29-14-21(26)24-9-11-25(12-10-24)22(27)18-13-17(23)7-8-20(18)28-3/h4-8,13H,9-12,14H2,1-3H3. The van der Waals surface area contributed by atoms with Crippen LogP contribution in [0.3, 0.4) is 0 Å². The van der Waals surface area contributed by atoms with E-state index in [1.54, 1.807) is 28.0 Å². The fourth-order valence-corrected chi connectivity index (χ4v) is 3.46. The highest BCUT2D eigenvalue weighted by atomic mass is 35.5. The van der Waals surface area contributed by atoms with Gasteiger partial charge in [0.25, 0.3) is 11.8 Å². The highest BCUT2D eigenvalue weighted by Gasteiger charge is 2.26. The molecule has 0 spiro atoms. The molecule has 6 nitrogen and oxygen atoms in total. The summed E-state index contributed by atoms with van der Waals surface area (Å²) in [6.45, 7) is 5.79. The summed E-state index contributed by atoms with van der Waals surface area (Å²) in [6, 6.07) is 10.8. The summed E-state index contributed by atoms with van der Waals surface area (Å²) in [5, 5.41) is 0.478. The average Bonchev–Trinajstić information content (AvgIpc) is 2.74. The Labute approximate surface area is 176 Å². The normalized spacial score (nSPS) is 13.9. The van der Waals surface area contributed by atoms with E-state index in [0.717, 1.165) is 16.9 Å². The lowest BCUT2D eigenvalue weighted by atomic mass is 10.1. The van der Waals surface area contributed by atoms with Crippen molar-refractivity contribution in [3.05, 3.63) is 58.1 Å². The van der Waals surface area contributed by atoms with E-state index < -0.39 is 0 Å². The number of carbonyl (C=O) groups excluding carboxylic acids is 2. The van der Waals surface area contributed by atoms with Crippen LogP contribution in [-0.4, -0.2) is 61.5 Å². The first-order valence-corrected chi connectivity index (χ1v) is 9.88. The summed E-state index contributed by atoms with van der Waals surface area (Å²) in [7, 11) is 1.52. The molecule has 0 atom stereocenters. The van der Waals surface area contributed by atoms with Gasteiger partial charge in [-0.15, -0.1) is 0 Å². The number of piperazine rings is 1. The molecule has 0 unspecified atom stereocenters. The van der Waals surface area contributed by atoms with Crippen molar-refractivity contribution in [1.29, 1.82) is 0 Å². The number of hydrogen-bond donors (Lipinski definition) is 0. The molecule has 0 bridgehead atoms. The topological polar surface area (TPSA) is 59.1 Å². The van der Waals surface area contributed by atoms with E-state index in [9.17, 15) is 9.59 Å².